The van der Waals surface area contributed by atoms with E-state index in [0.29, 0.717) is 12.5 Å². The van der Waals surface area contributed by atoms with Gasteiger partial charge >= 0.3 is 5.97 Å². The highest BCUT2D eigenvalue weighted by atomic mass is 16.4. The zero-order valence-corrected chi connectivity index (χ0v) is 13.8. The predicted octanol–water partition coefficient (Wildman–Crippen LogP) is 3.55. The molecule has 21 heavy (non-hydrogen) atoms. The molecule has 0 aliphatic heterocycles. The molecule has 4 heteroatoms. The van der Waals surface area contributed by atoms with Gasteiger partial charge in [-0.25, -0.2) is 0 Å². The van der Waals surface area contributed by atoms with Crippen LogP contribution in [0.1, 0.15) is 65.7 Å². The lowest BCUT2D eigenvalue weighted by Crippen LogP contribution is -2.42. The fourth-order valence-corrected chi connectivity index (χ4v) is 3.29. The SMILES string of the molecule is CCCCC1CCC(C(=O)N(CC(=O)O)CC(C)C)CC1. The maximum absolute atomic E-state index is 12.6. The monoisotopic (exact) mass is 297 g/mol. The van der Waals surface area contributed by atoms with Crippen molar-refractivity contribution >= 4 is 11.9 Å². The molecule has 0 bridgehead atoms. The van der Waals surface area contributed by atoms with Crippen LogP contribution in [-0.2, 0) is 9.59 Å². The Morgan fingerprint density at radius 3 is 2.29 bits per heavy atom. The lowest BCUT2D eigenvalue weighted by atomic mass is 9.79. The molecule has 1 aliphatic carbocycles. The summed E-state index contributed by atoms with van der Waals surface area (Å²) >= 11 is 0. The van der Waals surface area contributed by atoms with Crippen molar-refractivity contribution in [3.05, 3.63) is 0 Å². The number of carbonyl (C=O) groups is 2. The first-order valence-corrected chi connectivity index (χ1v) is 8.44. The molecular formula is C17H31NO3. The Hall–Kier alpha value is -1.06. The Morgan fingerprint density at radius 1 is 1.19 bits per heavy atom. The number of hydrogen-bond acceptors (Lipinski definition) is 2. The number of carboxylic acid groups (broad SMARTS) is 1. The van der Waals surface area contributed by atoms with Gasteiger partial charge in [0, 0.05) is 12.5 Å². The molecule has 0 heterocycles. The van der Waals surface area contributed by atoms with E-state index in [1.165, 1.54) is 19.3 Å². The first kappa shape index (κ1) is 18.0. The third-order valence-corrected chi connectivity index (χ3v) is 4.39. The second-order valence-corrected chi connectivity index (χ2v) is 6.87. The quantitative estimate of drug-likeness (QED) is 0.745. The van der Waals surface area contributed by atoms with Crippen molar-refractivity contribution in [1.29, 1.82) is 0 Å². The number of rotatable bonds is 8. The van der Waals surface area contributed by atoms with Crippen LogP contribution in [0.5, 0.6) is 0 Å². The van der Waals surface area contributed by atoms with Gasteiger partial charge < -0.3 is 10.0 Å². The Bertz CT molecular complexity index is 333. The highest BCUT2D eigenvalue weighted by Gasteiger charge is 2.30. The van der Waals surface area contributed by atoms with Gasteiger partial charge in [-0.3, -0.25) is 9.59 Å². The molecule has 0 saturated heterocycles. The first-order valence-electron chi connectivity index (χ1n) is 8.44. The second kappa shape index (κ2) is 9.06. The second-order valence-electron chi connectivity index (χ2n) is 6.87. The minimum absolute atomic E-state index is 0.0426. The van der Waals surface area contributed by atoms with Gasteiger partial charge in [0.25, 0.3) is 0 Å². The molecule has 0 aromatic carbocycles. The molecule has 0 atom stereocenters. The van der Waals surface area contributed by atoms with Gasteiger partial charge in [0.2, 0.25) is 5.91 Å². The zero-order chi connectivity index (χ0) is 15.8. The van der Waals surface area contributed by atoms with Crippen LogP contribution in [0.25, 0.3) is 0 Å². The molecular weight excluding hydrogens is 266 g/mol. The number of unbranched alkanes of at least 4 members (excludes halogenated alkanes) is 1. The van der Waals surface area contributed by atoms with Crippen LogP contribution in [0.3, 0.4) is 0 Å². The van der Waals surface area contributed by atoms with Crippen molar-refractivity contribution in [2.24, 2.45) is 17.8 Å². The molecule has 0 aromatic heterocycles. The predicted molar refractivity (Wildman–Crippen MR) is 84.0 cm³/mol. The number of carboxylic acids is 1. The molecule has 0 aromatic rings. The fourth-order valence-electron chi connectivity index (χ4n) is 3.29. The van der Waals surface area contributed by atoms with E-state index >= 15 is 0 Å². The van der Waals surface area contributed by atoms with E-state index < -0.39 is 5.97 Å². The number of carbonyl (C=O) groups excluding carboxylic acids is 1. The maximum atomic E-state index is 12.6. The van der Waals surface area contributed by atoms with Crippen molar-refractivity contribution in [3.8, 4) is 0 Å². The molecule has 0 radical (unpaired) electrons. The average Bonchev–Trinajstić information content (AvgIpc) is 2.43. The third kappa shape index (κ3) is 6.49. The van der Waals surface area contributed by atoms with E-state index in [9.17, 15) is 9.59 Å². The molecule has 1 rings (SSSR count). The number of amides is 1. The van der Waals surface area contributed by atoms with Crippen LogP contribution in [-0.4, -0.2) is 35.0 Å². The van der Waals surface area contributed by atoms with E-state index in [-0.39, 0.29) is 18.4 Å². The van der Waals surface area contributed by atoms with Crippen molar-refractivity contribution in [2.45, 2.75) is 65.7 Å². The summed E-state index contributed by atoms with van der Waals surface area (Å²) in [6.07, 6.45) is 7.91. The summed E-state index contributed by atoms with van der Waals surface area (Å²) in [7, 11) is 0. The van der Waals surface area contributed by atoms with Gasteiger partial charge in [-0.15, -0.1) is 0 Å². The van der Waals surface area contributed by atoms with Crippen molar-refractivity contribution in [1.82, 2.24) is 4.90 Å². The van der Waals surface area contributed by atoms with Crippen molar-refractivity contribution in [3.63, 3.8) is 0 Å². The molecule has 4 nitrogen and oxygen atoms in total. The highest BCUT2D eigenvalue weighted by Crippen LogP contribution is 2.33. The van der Waals surface area contributed by atoms with Gasteiger partial charge in [-0.2, -0.15) is 0 Å². The van der Waals surface area contributed by atoms with Gasteiger partial charge in [-0.05, 0) is 37.5 Å². The molecule has 0 unspecified atom stereocenters. The van der Waals surface area contributed by atoms with Gasteiger partial charge in [-0.1, -0.05) is 40.0 Å². The Kier molecular flexibility index (Phi) is 7.76. The van der Waals surface area contributed by atoms with Crippen LogP contribution in [0.15, 0.2) is 0 Å². The maximum Gasteiger partial charge on any atom is 0.323 e. The normalized spacial score (nSPS) is 22.3. The number of nitrogens with zero attached hydrogens (tertiary/aromatic N) is 1. The molecule has 1 N–H and O–H groups in total. The first-order chi connectivity index (χ1) is 9.93. The summed E-state index contributed by atoms with van der Waals surface area (Å²) in [4.78, 5) is 25.1. The molecule has 1 saturated carbocycles. The summed E-state index contributed by atoms with van der Waals surface area (Å²) in [6.45, 7) is 6.63. The molecule has 1 fully saturated rings. The van der Waals surface area contributed by atoms with E-state index in [1.807, 2.05) is 13.8 Å². The Labute approximate surface area is 128 Å². The largest absolute Gasteiger partial charge is 0.480 e. The summed E-state index contributed by atoms with van der Waals surface area (Å²) in [5.74, 6) is 0.253. The summed E-state index contributed by atoms with van der Waals surface area (Å²) in [6, 6.07) is 0. The molecule has 1 aliphatic rings. The van der Waals surface area contributed by atoms with Crippen LogP contribution in [0, 0.1) is 17.8 Å². The topological polar surface area (TPSA) is 57.6 Å². The fraction of sp³-hybridized carbons (Fsp3) is 0.882. The molecule has 1 amide bonds. The smallest absolute Gasteiger partial charge is 0.323 e. The van der Waals surface area contributed by atoms with Crippen LogP contribution in [0.4, 0.5) is 0 Å². The lowest BCUT2D eigenvalue weighted by Gasteiger charge is -2.32. The zero-order valence-electron chi connectivity index (χ0n) is 13.8. The number of aliphatic carboxylic acids is 1. The summed E-state index contributed by atoms with van der Waals surface area (Å²) in [5, 5.41) is 8.99. The van der Waals surface area contributed by atoms with Crippen molar-refractivity contribution < 1.29 is 14.7 Å². The van der Waals surface area contributed by atoms with Gasteiger partial charge in [0.1, 0.15) is 6.54 Å². The Morgan fingerprint density at radius 2 is 1.81 bits per heavy atom. The highest BCUT2D eigenvalue weighted by molar-refractivity contribution is 5.83. The summed E-state index contributed by atoms with van der Waals surface area (Å²) < 4.78 is 0. The van der Waals surface area contributed by atoms with Crippen LogP contribution < -0.4 is 0 Å². The van der Waals surface area contributed by atoms with Crippen LogP contribution in [0.2, 0.25) is 0 Å². The van der Waals surface area contributed by atoms with E-state index in [1.54, 1.807) is 4.90 Å². The Balaban J connectivity index is 2.50. The van der Waals surface area contributed by atoms with Gasteiger partial charge in [0.05, 0.1) is 0 Å². The van der Waals surface area contributed by atoms with Crippen LogP contribution >= 0.6 is 0 Å². The molecule has 0 spiro atoms. The molecule has 122 valence electrons. The van der Waals surface area contributed by atoms with E-state index in [4.69, 9.17) is 5.11 Å². The standard InChI is InChI=1S/C17H31NO3/c1-4-5-6-14-7-9-15(10-8-14)17(21)18(11-13(2)3)12-16(19)20/h13-15H,4-12H2,1-3H3,(H,19,20). The minimum Gasteiger partial charge on any atom is -0.480 e. The number of hydrogen-bond donors (Lipinski definition) is 1. The minimum atomic E-state index is -0.916. The lowest BCUT2D eigenvalue weighted by molar-refractivity contribution is -0.147. The van der Waals surface area contributed by atoms with E-state index in [0.717, 1.165) is 31.6 Å². The van der Waals surface area contributed by atoms with Crippen molar-refractivity contribution in [2.75, 3.05) is 13.1 Å². The van der Waals surface area contributed by atoms with E-state index in [2.05, 4.69) is 6.92 Å². The van der Waals surface area contributed by atoms with Gasteiger partial charge in [0.15, 0.2) is 0 Å². The average molecular weight is 297 g/mol. The summed E-state index contributed by atoms with van der Waals surface area (Å²) in [5.41, 5.74) is 0. The third-order valence-electron chi connectivity index (χ3n) is 4.39.